The largest absolute Gasteiger partial charge is 0.503 e. The fourth-order valence-electron chi connectivity index (χ4n) is 2.59. The van der Waals surface area contributed by atoms with Gasteiger partial charge in [0.2, 0.25) is 5.75 Å². The van der Waals surface area contributed by atoms with Gasteiger partial charge >= 0.3 is 11.6 Å². The van der Waals surface area contributed by atoms with Crippen LogP contribution in [0.15, 0.2) is 27.4 Å². The summed E-state index contributed by atoms with van der Waals surface area (Å²) in [5.74, 6) is -0.463. The molecule has 0 aliphatic rings. The summed E-state index contributed by atoms with van der Waals surface area (Å²) < 4.78 is 21.3. The maximum absolute atomic E-state index is 12.1. The molecule has 1 N–H and O–H groups in total. The molecule has 0 fully saturated rings. The summed E-state index contributed by atoms with van der Waals surface area (Å²) in [5, 5.41) is 10.8. The predicted molar refractivity (Wildman–Crippen MR) is 101 cm³/mol. The summed E-state index contributed by atoms with van der Waals surface area (Å²) in [6.45, 7) is 4.30. The second-order valence-electron chi connectivity index (χ2n) is 6.15. The standard InChI is InChI=1S/C20H26O7/c1-3-4-5-6-11-26-19-18(22)17-15(25-13-8-12-24-14(2)21)9-7-10-16(17)27-20(19)23/h7,9-10,22H,3-6,8,11-13H2,1-2H3. The molecule has 0 saturated carbocycles. The number of ether oxygens (including phenoxy) is 3. The number of fused-ring (bicyclic) bond motifs is 1. The molecule has 7 nitrogen and oxygen atoms in total. The minimum absolute atomic E-state index is 0.199. The number of esters is 1. The first kappa shape index (κ1) is 20.6. The van der Waals surface area contributed by atoms with Gasteiger partial charge in [0.1, 0.15) is 16.7 Å². The van der Waals surface area contributed by atoms with Crippen LogP contribution in [0.3, 0.4) is 0 Å². The van der Waals surface area contributed by atoms with Crippen LogP contribution in [0.1, 0.15) is 46.0 Å². The monoisotopic (exact) mass is 378 g/mol. The minimum Gasteiger partial charge on any atom is -0.503 e. The fraction of sp³-hybridized carbons (Fsp3) is 0.500. The van der Waals surface area contributed by atoms with Crippen molar-refractivity contribution in [2.24, 2.45) is 0 Å². The predicted octanol–water partition coefficient (Wildman–Crippen LogP) is 3.79. The van der Waals surface area contributed by atoms with Gasteiger partial charge < -0.3 is 23.7 Å². The normalized spacial score (nSPS) is 10.7. The Morgan fingerprint density at radius 3 is 2.59 bits per heavy atom. The van der Waals surface area contributed by atoms with Gasteiger partial charge in [0, 0.05) is 13.3 Å². The first-order valence-electron chi connectivity index (χ1n) is 9.22. The quantitative estimate of drug-likeness (QED) is 0.361. The molecule has 148 valence electrons. The molecule has 0 spiro atoms. The van der Waals surface area contributed by atoms with E-state index < -0.39 is 5.63 Å². The van der Waals surface area contributed by atoms with Gasteiger partial charge in [-0.1, -0.05) is 32.3 Å². The molecule has 1 aromatic carbocycles. The van der Waals surface area contributed by atoms with E-state index >= 15 is 0 Å². The summed E-state index contributed by atoms with van der Waals surface area (Å²) in [4.78, 5) is 22.9. The maximum Gasteiger partial charge on any atom is 0.383 e. The Hall–Kier alpha value is -2.70. The lowest BCUT2D eigenvalue weighted by molar-refractivity contribution is -0.141. The highest BCUT2D eigenvalue weighted by Crippen LogP contribution is 2.37. The van der Waals surface area contributed by atoms with Crippen LogP contribution in [-0.4, -0.2) is 30.9 Å². The number of aromatic hydroxyl groups is 1. The summed E-state index contributed by atoms with van der Waals surface area (Å²) >= 11 is 0. The van der Waals surface area contributed by atoms with E-state index in [0.717, 1.165) is 25.7 Å². The van der Waals surface area contributed by atoms with Gasteiger partial charge in [0.05, 0.1) is 19.8 Å². The lowest BCUT2D eigenvalue weighted by atomic mass is 10.2. The summed E-state index contributed by atoms with van der Waals surface area (Å²) in [5.41, 5.74) is -0.504. The highest BCUT2D eigenvalue weighted by molar-refractivity contribution is 5.91. The third-order valence-corrected chi connectivity index (χ3v) is 3.92. The van der Waals surface area contributed by atoms with Crippen LogP contribution in [0.4, 0.5) is 0 Å². The Labute approximate surface area is 157 Å². The van der Waals surface area contributed by atoms with Crippen molar-refractivity contribution in [2.45, 2.75) is 46.0 Å². The Balaban J connectivity index is 2.12. The molecule has 2 rings (SSSR count). The van der Waals surface area contributed by atoms with Crippen LogP contribution in [-0.2, 0) is 9.53 Å². The topological polar surface area (TPSA) is 95.2 Å². The van der Waals surface area contributed by atoms with E-state index in [0.29, 0.717) is 18.8 Å². The molecule has 0 aliphatic carbocycles. The van der Waals surface area contributed by atoms with E-state index in [1.165, 1.54) is 6.92 Å². The molecule has 0 radical (unpaired) electrons. The van der Waals surface area contributed by atoms with Crippen molar-refractivity contribution >= 4 is 16.9 Å². The summed E-state index contributed by atoms with van der Waals surface area (Å²) in [6, 6.07) is 4.91. The van der Waals surface area contributed by atoms with Crippen LogP contribution in [0, 0.1) is 0 Å². The minimum atomic E-state index is -0.720. The number of hydrogen-bond acceptors (Lipinski definition) is 7. The molecular formula is C20H26O7. The zero-order valence-electron chi connectivity index (χ0n) is 15.8. The number of unbranched alkanes of at least 4 members (excludes halogenated alkanes) is 3. The second kappa shape index (κ2) is 10.4. The van der Waals surface area contributed by atoms with E-state index in [2.05, 4.69) is 6.92 Å². The maximum atomic E-state index is 12.1. The molecule has 1 aromatic heterocycles. The van der Waals surface area contributed by atoms with Gasteiger partial charge in [0.25, 0.3) is 0 Å². The van der Waals surface area contributed by atoms with Gasteiger partial charge in [0.15, 0.2) is 5.75 Å². The zero-order chi connectivity index (χ0) is 19.6. The Kier molecular flexibility index (Phi) is 7.98. The van der Waals surface area contributed by atoms with E-state index in [4.69, 9.17) is 18.6 Å². The summed E-state index contributed by atoms with van der Waals surface area (Å²) in [7, 11) is 0. The van der Waals surface area contributed by atoms with Crippen molar-refractivity contribution in [2.75, 3.05) is 19.8 Å². The molecule has 0 unspecified atom stereocenters. The van der Waals surface area contributed by atoms with Crippen molar-refractivity contribution in [1.29, 1.82) is 0 Å². The van der Waals surface area contributed by atoms with Crippen molar-refractivity contribution < 1.29 is 28.5 Å². The first-order chi connectivity index (χ1) is 13.0. The third kappa shape index (κ3) is 5.91. The van der Waals surface area contributed by atoms with E-state index in [1.807, 2.05) is 0 Å². The highest BCUT2D eigenvalue weighted by Gasteiger charge is 2.19. The molecule has 1 heterocycles. The fourth-order valence-corrected chi connectivity index (χ4v) is 2.59. The molecule has 0 saturated heterocycles. The van der Waals surface area contributed by atoms with Crippen LogP contribution in [0.2, 0.25) is 0 Å². The number of benzene rings is 1. The van der Waals surface area contributed by atoms with Gasteiger partial charge in [-0.15, -0.1) is 0 Å². The average Bonchev–Trinajstić information content (AvgIpc) is 2.63. The molecule has 2 aromatic rings. The second-order valence-corrected chi connectivity index (χ2v) is 6.15. The first-order valence-corrected chi connectivity index (χ1v) is 9.22. The number of rotatable bonds is 11. The molecule has 0 amide bonds. The number of hydrogen-bond donors (Lipinski definition) is 1. The van der Waals surface area contributed by atoms with Gasteiger partial charge in [-0.3, -0.25) is 4.79 Å². The summed E-state index contributed by atoms with van der Waals surface area (Å²) in [6.07, 6.45) is 4.47. The van der Waals surface area contributed by atoms with E-state index in [1.54, 1.807) is 18.2 Å². The van der Waals surface area contributed by atoms with Gasteiger partial charge in [-0.05, 0) is 18.6 Å². The molecule has 0 aliphatic heterocycles. The van der Waals surface area contributed by atoms with Crippen LogP contribution < -0.4 is 15.1 Å². The third-order valence-electron chi connectivity index (χ3n) is 3.92. The van der Waals surface area contributed by atoms with Crippen LogP contribution >= 0.6 is 0 Å². The van der Waals surface area contributed by atoms with E-state index in [-0.39, 0.29) is 41.7 Å². The molecule has 0 bridgehead atoms. The Morgan fingerprint density at radius 2 is 1.85 bits per heavy atom. The average molecular weight is 378 g/mol. The number of carbonyl (C=O) groups excluding carboxylic acids is 1. The highest BCUT2D eigenvalue weighted by atomic mass is 16.5. The Bertz CT molecular complexity index is 810. The Morgan fingerprint density at radius 1 is 1.07 bits per heavy atom. The van der Waals surface area contributed by atoms with Gasteiger partial charge in [-0.25, -0.2) is 4.79 Å². The van der Waals surface area contributed by atoms with Crippen molar-refractivity contribution in [3.8, 4) is 17.2 Å². The molecule has 0 atom stereocenters. The van der Waals surface area contributed by atoms with Gasteiger partial charge in [-0.2, -0.15) is 0 Å². The number of carbonyl (C=O) groups is 1. The lowest BCUT2D eigenvalue weighted by Gasteiger charge is -2.12. The SMILES string of the molecule is CCCCCCOc1c(O)c2c(OCCCOC(C)=O)cccc2oc1=O. The van der Waals surface area contributed by atoms with Crippen molar-refractivity contribution in [3.63, 3.8) is 0 Å². The van der Waals surface area contributed by atoms with Crippen molar-refractivity contribution in [1.82, 2.24) is 0 Å². The smallest absolute Gasteiger partial charge is 0.383 e. The van der Waals surface area contributed by atoms with Crippen LogP contribution in [0.5, 0.6) is 17.2 Å². The zero-order valence-corrected chi connectivity index (χ0v) is 15.8. The lowest BCUT2D eigenvalue weighted by Crippen LogP contribution is -2.09. The van der Waals surface area contributed by atoms with Crippen molar-refractivity contribution in [3.05, 3.63) is 28.6 Å². The molecular weight excluding hydrogens is 352 g/mol. The van der Waals surface area contributed by atoms with E-state index in [9.17, 15) is 14.7 Å². The van der Waals surface area contributed by atoms with Crippen LogP contribution in [0.25, 0.3) is 11.0 Å². The molecule has 27 heavy (non-hydrogen) atoms. The molecule has 7 heteroatoms.